The first kappa shape index (κ1) is 18.9. The van der Waals surface area contributed by atoms with E-state index in [9.17, 15) is 5.11 Å². The molecular formula is C22H28BrN3OS. The van der Waals surface area contributed by atoms with Gasteiger partial charge in [0.15, 0.2) is 5.13 Å². The molecule has 4 aliphatic rings. The highest BCUT2D eigenvalue weighted by atomic mass is 79.9. The number of likely N-dealkylation sites (tertiary alicyclic amines) is 1. The first-order valence-corrected chi connectivity index (χ1v) is 11.2. The normalized spacial score (nSPS) is 30.6. The maximum Gasteiger partial charge on any atom is 0.182 e. The number of aromatic nitrogens is 1. The molecule has 2 heterocycles. The number of hydrogen-bond acceptors (Lipinski definition) is 5. The third kappa shape index (κ3) is 2.75. The van der Waals surface area contributed by atoms with Crippen LogP contribution in [-0.4, -0.2) is 41.2 Å². The molecule has 0 unspecified atom stereocenters. The molecule has 1 saturated heterocycles. The van der Waals surface area contributed by atoms with Crippen molar-refractivity contribution in [1.82, 2.24) is 9.88 Å². The number of thiazole rings is 1. The molecule has 1 saturated carbocycles. The predicted octanol–water partition coefficient (Wildman–Crippen LogP) is 4.16. The minimum atomic E-state index is 0. The van der Waals surface area contributed by atoms with E-state index in [1.54, 1.807) is 0 Å². The summed E-state index contributed by atoms with van der Waals surface area (Å²) in [5.41, 5.74) is 4.33. The van der Waals surface area contributed by atoms with E-state index in [0.717, 1.165) is 30.3 Å². The van der Waals surface area contributed by atoms with Gasteiger partial charge in [-0.1, -0.05) is 6.07 Å². The fourth-order valence-electron chi connectivity index (χ4n) is 6.15. The summed E-state index contributed by atoms with van der Waals surface area (Å²) in [5, 5.41) is 14.6. The average molecular weight is 462 g/mol. The van der Waals surface area contributed by atoms with E-state index >= 15 is 0 Å². The number of benzene rings is 1. The van der Waals surface area contributed by atoms with Crippen molar-refractivity contribution in [1.29, 1.82) is 0 Å². The Bertz CT molecular complexity index is 911. The molecule has 28 heavy (non-hydrogen) atoms. The summed E-state index contributed by atoms with van der Waals surface area (Å²) in [7, 11) is 1.97. The fourth-order valence-corrected chi connectivity index (χ4v) is 7.14. The van der Waals surface area contributed by atoms with Gasteiger partial charge in [0.2, 0.25) is 0 Å². The van der Waals surface area contributed by atoms with Gasteiger partial charge < -0.3 is 10.4 Å². The van der Waals surface area contributed by atoms with Crippen LogP contribution in [0, 0.1) is 11.8 Å². The number of piperidine rings is 1. The Kier molecular flexibility index (Phi) is 4.53. The zero-order valence-electron chi connectivity index (χ0n) is 16.3. The lowest BCUT2D eigenvalue weighted by Gasteiger charge is -2.58. The van der Waals surface area contributed by atoms with E-state index in [1.165, 1.54) is 54.0 Å². The van der Waals surface area contributed by atoms with Crippen molar-refractivity contribution in [2.75, 3.05) is 25.5 Å². The van der Waals surface area contributed by atoms with Crippen LogP contribution in [0.4, 0.5) is 5.13 Å². The predicted molar refractivity (Wildman–Crippen MR) is 119 cm³/mol. The Balaban J connectivity index is 0.00000171. The molecule has 1 aromatic carbocycles. The summed E-state index contributed by atoms with van der Waals surface area (Å²) in [6.45, 7) is 2.49. The molecule has 2 N–H and O–H groups in total. The summed E-state index contributed by atoms with van der Waals surface area (Å²) in [5.74, 6) is 2.01. The molecule has 6 rings (SSSR count). The monoisotopic (exact) mass is 461 g/mol. The molecule has 0 spiro atoms. The van der Waals surface area contributed by atoms with Crippen molar-refractivity contribution in [3.8, 4) is 5.75 Å². The first-order valence-electron chi connectivity index (χ1n) is 10.4. The van der Waals surface area contributed by atoms with Crippen LogP contribution in [0.2, 0.25) is 0 Å². The lowest BCUT2D eigenvalue weighted by atomic mass is 9.53. The number of phenols is 1. The number of halogens is 1. The quantitative estimate of drug-likeness (QED) is 0.719. The summed E-state index contributed by atoms with van der Waals surface area (Å²) in [6.07, 6.45) is 7.37. The maximum absolute atomic E-state index is 10.3. The molecule has 0 amide bonds. The van der Waals surface area contributed by atoms with E-state index in [-0.39, 0.29) is 22.4 Å². The van der Waals surface area contributed by atoms with Crippen LogP contribution in [0.25, 0.3) is 0 Å². The van der Waals surface area contributed by atoms with Gasteiger partial charge in [0.05, 0.1) is 5.69 Å². The molecule has 2 fully saturated rings. The highest BCUT2D eigenvalue weighted by Crippen LogP contribution is 2.56. The molecule has 2 aromatic rings. The van der Waals surface area contributed by atoms with E-state index < -0.39 is 0 Å². The number of aromatic hydroxyl groups is 1. The molecule has 3 atom stereocenters. The molecule has 1 aromatic heterocycles. The zero-order chi connectivity index (χ0) is 18.2. The molecular weight excluding hydrogens is 434 g/mol. The molecule has 0 radical (unpaired) electrons. The highest BCUT2D eigenvalue weighted by molar-refractivity contribution is 8.93. The minimum Gasteiger partial charge on any atom is -0.508 e. The molecule has 150 valence electrons. The average Bonchev–Trinajstić information content (AvgIpc) is 3.39. The van der Waals surface area contributed by atoms with Gasteiger partial charge >= 0.3 is 0 Å². The maximum atomic E-state index is 10.3. The summed E-state index contributed by atoms with van der Waals surface area (Å²) in [6, 6.07) is 6.79. The van der Waals surface area contributed by atoms with Crippen molar-refractivity contribution in [3.05, 3.63) is 39.9 Å². The van der Waals surface area contributed by atoms with Crippen molar-refractivity contribution in [2.24, 2.45) is 11.8 Å². The summed E-state index contributed by atoms with van der Waals surface area (Å²) >= 11 is 1.85. The number of anilines is 1. The van der Waals surface area contributed by atoms with Crippen LogP contribution in [0.15, 0.2) is 18.2 Å². The first-order chi connectivity index (χ1) is 13.2. The van der Waals surface area contributed by atoms with E-state index in [1.807, 2.05) is 24.5 Å². The van der Waals surface area contributed by atoms with E-state index in [2.05, 4.69) is 22.3 Å². The van der Waals surface area contributed by atoms with Crippen LogP contribution in [0.1, 0.15) is 41.0 Å². The molecule has 4 nitrogen and oxygen atoms in total. The number of nitrogens with one attached hydrogen (secondary N) is 1. The smallest absolute Gasteiger partial charge is 0.182 e. The van der Waals surface area contributed by atoms with Gasteiger partial charge in [0.25, 0.3) is 0 Å². The number of hydrogen-bond donors (Lipinski definition) is 2. The molecule has 2 bridgehead atoms. The standard InChI is InChI=1S/C22H27N3OS.BrH/c1-23-21-24-18-11-22-6-7-25(12-13-2-3-13)19(17(22)10-20(18)27-21)8-14-4-5-15(26)9-16(14)22;/h4-5,9,13,17,19,26H,2-3,6-8,10-12H2,1H3,(H,23,24);1H/t17-,19+,22+;/m0./s1. The second-order valence-corrected chi connectivity index (χ2v) is 10.2. The molecule has 3 aliphatic carbocycles. The van der Waals surface area contributed by atoms with Gasteiger partial charge in [-0.15, -0.1) is 28.3 Å². The second-order valence-electron chi connectivity index (χ2n) is 9.08. The van der Waals surface area contributed by atoms with Gasteiger partial charge in [-0.05, 0) is 73.7 Å². The third-order valence-electron chi connectivity index (χ3n) is 7.62. The largest absolute Gasteiger partial charge is 0.508 e. The number of phenolic OH excluding ortho intramolecular Hbond substituents is 1. The van der Waals surface area contributed by atoms with Crippen LogP contribution >= 0.6 is 28.3 Å². The van der Waals surface area contributed by atoms with Gasteiger partial charge in [-0.2, -0.15) is 0 Å². The van der Waals surface area contributed by atoms with E-state index in [0.29, 0.717) is 17.7 Å². The number of rotatable bonds is 3. The SMILES string of the molecule is Br.CNc1nc2c(s1)C[C@H]1[C@H]3Cc4ccc(O)cc4[C@@]1(CCN3CC1CC1)C2. The lowest BCUT2D eigenvalue weighted by molar-refractivity contribution is 0.00544. The third-order valence-corrected chi connectivity index (χ3v) is 8.75. The van der Waals surface area contributed by atoms with Crippen molar-refractivity contribution in [2.45, 2.75) is 50.0 Å². The Morgan fingerprint density at radius 3 is 2.96 bits per heavy atom. The van der Waals surface area contributed by atoms with Gasteiger partial charge in [0, 0.05) is 36.3 Å². The van der Waals surface area contributed by atoms with Crippen molar-refractivity contribution in [3.63, 3.8) is 0 Å². The van der Waals surface area contributed by atoms with Crippen LogP contribution in [-0.2, 0) is 24.7 Å². The number of nitrogens with zero attached hydrogens (tertiary/aromatic N) is 2. The Morgan fingerprint density at radius 1 is 1.32 bits per heavy atom. The van der Waals surface area contributed by atoms with Gasteiger partial charge in [0.1, 0.15) is 5.75 Å². The van der Waals surface area contributed by atoms with Crippen molar-refractivity contribution < 1.29 is 5.11 Å². The topological polar surface area (TPSA) is 48.4 Å². The Hall–Kier alpha value is -1.11. The van der Waals surface area contributed by atoms with Gasteiger partial charge in [-0.25, -0.2) is 4.98 Å². The van der Waals surface area contributed by atoms with Crippen molar-refractivity contribution >= 4 is 33.4 Å². The second kappa shape index (κ2) is 6.71. The molecule has 1 aliphatic heterocycles. The molecule has 6 heteroatoms. The van der Waals surface area contributed by atoms with Crippen LogP contribution < -0.4 is 5.32 Å². The van der Waals surface area contributed by atoms with Crippen LogP contribution in [0.5, 0.6) is 5.75 Å². The Labute approximate surface area is 181 Å². The summed E-state index contributed by atoms with van der Waals surface area (Å²) in [4.78, 5) is 9.22. The van der Waals surface area contributed by atoms with E-state index in [4.69, 9.17) is 4.98 Å². The Morgan fingerprint density at radius 2 is 2.18 bits per heavy atom. The fraction of sp³-hybridized carbons (Fsp3) is 0.591. The number of fused-ring (bicyclic) bond motifs is 2. The van der Waals surface area contributed by atoms with Gasteiger partial charge in [-0.3, -0.25) is 4.90 Å². The summed E-state index contributed by atoms with van der Waals surface area (Å²) < 4.78 is 0. The highest BCUT2D eigenvalue weighted by Gasteiger charge is 2.56. The van der Waals surface area contributed by atoms with Crippen LogP contribution in [0.3, 0.4) is 0 Å². The minimum absolute atomic E-state index is 0. The lowest BCUT2D eigenvalue weighted by Crippen LogP contribution is -2.62. The zero-order valence-corrected chi connectivity index (χ0v) is 18.8.